The molecule has 154 valence electrons. The Morgan fingerprint density at radius 3 is 2.41 bits per heavy atom. The molecule has 0 aliphatic carbocycles. The van der Waals surface area contributed by atoms with E-state index in [1.54, 1.807) is 22.8 Å². The number of aromatic nitrogens is 2. The third-order valence-electron chi connectivity index (χ3n) is 5.60. The van der Waals surface area contributed by atoms with Crippen LogP contribution in [0.15, 0.2) is 35.5 Å². The van der Waals surface area contributed by atoms with Crippen LogP contribution in [-0.4, -0.2) is 61.1 Å². The van der Waals surface area contributed by atoms with Crippen molar-refractivity contribution >= 4 is 27.6 Å². The van der Waals surface area contributed by atoms with E-state index in [0.29, 0.717) is 18.8 Å². The Morgan fingerprint density at radius 1 is 1.14 bits per heavy atom. The summed E-state index contributed by atoms with van der Waals surface area (Å²) in [5.41, 5.74) is 2.43. The maximum atomic E-state index is 13.2. The van der Waals surface area contributed by atoms with E-state index in [2.05, 4.69) is 24.9 Å². The van der Waals surface area contributed by atoms with E-state index < -0.39 is 16.1 Å². The lowest BCUT2D eigenvalue weighted by atomic mass is 9.91. The fraction of sp³-hybridized carbons (Fsp3) is 0.421. The maximum absolute atomic E-state index is 13.2. The Hall–Kier alpha value is -2.72. The molecule has 2 aromatic rings. The molecule has 1 amide bonds. The number of rotatable bonds is 4. The summed E-state index contributed by atoms with van der Waals surface area (Å²) < 4.78 is 32.4. The molecule has 3 saturated heterocycles. The molecule has 0 spiro atoms. The SMILES string of the molecule is COC(=O)Nc1ccc(S(=O)(=O)N2C3CC2CN(c2ncnc(C)c2C)C3)cc1. The summed E-state index contributed by atoms with van der Waals surface area (Å²) in [5, 5.41) is 2.51. The van der Waals surface area contributed by atoms with Crippen LogP contribution in [-0.2, 0) is 14.8 Å². The van der Waals surface area contributed by atoms with Crippen molar-refractivity contribution in [2.75, 3.05) is 30.4 Å². The standard InChI is InChI=1S/C19H23N5O4S/c1-12-13(2)20-11-21-18(12)23-9-15-8-16(10-23)24(15)29(26,27)17-6-4-14(5-7-17)22-19(25)28-3/h4-7,11,15-16H,8-10H2,1-3H3,(H,22,25). The van der Waals surface area contributed by atoms with Gasteiger partial charge in [-0.1, -0.05) is 0 Å². The minimum Gasteiger partial charge on any atom is -0.453 e. The largest absolute Gasteiger partial charge is 0.453 e. The van der Waals surface area contributed by atoms with Gasteiger partial charge in [0.25, 0.3) is 0 Å². The molecule has 3 fully saturated rings. The van der Waals surface area contributed by atoms with Crippen LogP contribution < -0.4 is 10.2 Å². The zero-order valence-corrected chi connectivity index (χ0v) is 17.3. The number of carbonyl (C=O) groups is 1. The van der Waals surface area contributed by atoms with Gasteiger partial charge in [0.15, 0.2) is 0 Å². The highest BCUT2D eigenvalue weighted by atomic mass is 32.2. The molecule has 10 heteroatoms. The number of methoxy groups -OCH3 is 1. The van der Waals surface area contributed by atoms with Gasteiger partial charge >= 0.3 is 6.09 Å². The van der Waals surface area contributed by atoms with E-state index in [-0.39, 0.29) is 17.0 Å². The first-order valence-electron chi connectivity index (χ1n) is 9.33. The van der Waals surface area contributed by atoms with Gasteiger partial charge in [-0.3, -0.25) is 5.32 Å². The van der Waals surface area contributed by atoms with Crippen LogP contribution in [0.25, 0.3) is 0 Å². The topological polar surface area (TPSA) is 105 Å². The molecule has 9 nitrogen and oxygen atoms in total. The van der Waals surface area contributed by atoms with Crippen molar-refractivity contribution < 1.29 is 17.9 Å². The minimum absolute atomic E-state index is 0.0821. The van der Waals surface area contributed by atoms with E-state index >= 15 is 0 Å². The fourth-order valence-corrected chi connectivity index (χ4v) is 5.80. The number of nitrogens with zero attached hydrogens (tertiary/aromatic N) is 4. The summed E-state index contributed by atoms with van der Waals surface area (Å²) >= 11 is 0. The number of hydrogen-bond donors (Lipinski definition) is 1. The molecule has 4 heterocycles. The van der Waals surface area contributed by atoms with Gasteiger partial charge < -0.3 is 9.64 Å². The second-order valence-electron chi connectivity index (χ2n) is 7.33. The van der Waals surface area contributed by atoms with Crippen molar-refractivity contribution in [2.45, 2.75) is 37.2 Å². The molecule has 2 atom stereocenters. The zero-order chi connectivity index (χ0) is 20.8. The van der Waals surface area contributed by atoms with E-state index in [1.165, 1.54) is 19.2 Å². The average Bonchev–Trinajstić information content (AvgIpc) is 2.70. The first-order valence-corrected chi connectivity index (χ1v) is 10.8. The van der Waals surface area contributed by atoms with Crippen molar-refractivity contribution in [3.63, 3.8) is 0 Å². The molecule has 1 aromatic carbocycles. The lowest BCUT2D eigenvalue weighted by molar-refractivity contribution is 0.0874. The monoisotopic (exact) mass is 417 g/mol. The third kappa shape index (κ3) is 3.42. The van der Waals surface area contributed by atoms with Crippen LogP contribution in [0.5, 0.6) is 0 Å². The first-order chi connectivity index (χ1) is 13.8. The number of carbonyl (C=O) groups excluding carboxylic acids is 1. The molecule has 0 radical (unpaired) electrons. The Morgan fingerprint density at radius 2 is 1.79 bits per heavy atom. The van der Waals surface area contributed by atoms with Crippen LogP contribution in [0.1, 0.15) is 17.7 Å². The number of piperazine rings is 1. The summed E-state index contributed by atoms with van der Waals surface area (Å²) in [7, 11) is -2.34. The Labute approximate surface area is 169 Å². The van der Waals surface area contributed by atoms with Crippen LogP contribution >= 0.6 is 0 Å². The van der Waals surface area contributed by atoms with Crippen LogP contribution in [0.2, 0.25) is 0 Å². The summed E-state index contributed by atoms with van der Waals surface area (Å²) in [6, 6.07) is 5.95. The molecular weight excluding hydrogens is 394 g/mol. The van der Waals surface area contributed by atoms with Gasteiger partial charge in [-0.2, -0.15) is 4.31 Å². The van der Waals surface area contributed by atoms with Gasteiger partial charge in [0.1, 0.15) is 12.1 Å². The highest BCUT2D eigenvalue weighted by molar-refractivity contribution is 7.89. The molecule has 5 rings (SSSR count). The van der Waals surface area contributed by atoms with Crippen LogP contribution in [0.3, 0.4) is 0 Å². The van der Waals surface area contributed by atoms with E-state index in [9.17, 15) is 13.2 Å². The second-order valence-corrected chi connectivity index (χ2v) is 9.18. The van der Waals surface area contributed by atoms with Crippen LogP contribution in [0.4, 0.5) is 16.3 Å². The maximum Gasteiger partial charge on any atom is 0.411 e. The van der Waals surface area contributed by atoms with Gasteiger partial charge in [-0.25, -0.2) is 23.2 Å². The minimum atomic E-state index is -3.61. The second kappa shape index (κ2) is 7.27. The lowest BCUT2D eigenvalue weighted by Gasteiger charge is -2.55. The van der Waals surface area contributed by atoms with Gasteiger partial charge in [0.05, 0.1) is 12.0 Å². The number of amides is 1. The molecule has 29 heavy (non-hydrogen) atoms. The number of fused-ring (bicyclic) bond motifs is 2. The Kier molecular flexibility index (Phi) is 4.91. The van der Waals surface area contributed by atoms with Crippen molar-refractivity contribution in [1.29, 1.82) is 0 Å². The Balaban J connectivity index is 1.50. The number of hydrogen-bond acceptors (Lipinski definition) is 7. The molecular formula is C19H23N5O4S. The quantitative estimate of drug-likeness (QED) is 0.810. The van der Waals surface area contributed by atoms with Gasteiger partial charge in [-0.15, -0.1) is 0 Å². The van der Waals surface area contributed by atoms with Gasteiger partial charge in [-0.05, 0) is 44.5 Å². The van der Waals surface area contributed by atoms with Gasteiger partial charge in [0.2, 0.25) is 10.0 Å². The zero-order valence-electron chi connectivity index (χ0n) is 16.5. The smallest absolute Gasteiger partial charge is 0.411 e. The van der Waals surface area contributed by atoms with E-state index in [1.807, 2.05) is 13.8 Å². The van der Waals surface area contributed by atoms with E-state index in [0.717, 1.165) is 23.5 Å². The van der Waals surface area contributed by atoms with Crippen molar-refractivity contribution in [1.82, 2.24) is 14.3 Å². The van der Waals surface area contributed by atoms with Crippen LogP contribution in [0, 0.1) is 13.8 Å². The molecule has 1 aromatic heterocycles. The highest BCUT2D eigenvalue weighted by Gasteiger charge is 2.51. The first kappa shape index (κ1) is 19.6. The number of sulfonamides is 1. The third-order valence-corrected chi connectivity index (χ3v) is 7.62. The predicted octanol–water partition coefficient (Wildman–Crippen LogP) is 1.92. The Bertz CT molecular complexity index is 1030. The number of benzene rings is 1. The molecule has 1 N–H and O–H groups in total. The highest BCUT2D eigenvalue weighted by Crippen LogP contribution is 2.39. The fourth-order valence-electron chi connectivity index (χ4n) is 3.99. The number of ether oxygens (including phenoxy) is 1. The lowest BCUT2D eigenvalue weighted by Crippen LogP contribution is -2.70. The average molecular weight is 417 g/mol. The molecule has 3 aliphatic rings. The summed E-state index contributed by atoms with van der Waals surface area (Å²) in [6.45, 7) is 5.15. The normalized spacial score (nSPS) is 21.4. The predicted molar refractivity (Wildman–Crippen MR) is 107 cm³/mol. The van der Waals surface area contributed by atoms with Crippen molar-refractivity contribution in [3.05, 3.63) is 41.9 Å². The number of aryl methyl sites for hydroxylation is 1. The number of nitrogens with one attached hydrogen (secondary N) is 1. The molecule has 0 saturated carbocycles. The summed E-state index contributed by atoms with van der Waals surface area (Å²) in [5.74, 6) is 0.877. The summed E-state index contributed by atoms with van der Waals surface area (Å²) in [6.07, 6.45) is 1.80. The summed E-state index contributed by atoms with van der Waals surface area (Å²) in [4.78, 5) is 22.3. The van der Waals surface area contributed by atoms with E-state index in [4.69, 9.17) is 0 Å². The molecule has 2 unspecified atom stereocenters. The molecule has 2 bridgehead atoms. The van der Waals surface area contributed by atoms with Crippen molar-refractivity contribution in [2.24, 2.45) is 0 Å². The molecule has 3 aliphatic heterocycles. The number of piperidine rings is 1. The van der Waals surface area contributed by atoms with Gasteiger partial charge in [0, 0.05) is 42.1 Å². The van der Waals surface area contributed by atoms with Crippen molar-refractivity contribution in [3.8, 4) is 0 Å². The number of anilines is 2.